The molecule has 1 fully saturated rings. The summed E-state index contributed by atoms with van der Waals surface area (Å²) in [5, 5.41) is 10.1. The molecule has 0 aromatic rings. The van der Waals surface area contributed by atoms with Gasteiger partial charge in [-0.15, -0.1) is 0 Å². The van der Waals surface area contributed by atoms with Crippen LogP contribution in [0.15, 0.2) is 0 Å². The molecule has 4 nitrogen and oxygen atoms in total. The van der Waals surface area contributed by atoms with Crippen LogP contribution in [0.3, 0.4) is 0 Å². The Labute approximate surface area is 111 Å². The van der Waals surface area contributed by atoms with Gasteiger partial charge in [0.2, 0.25) is 0 Å². The molecule has 0 aliphatic carbocycles. The first-order chi connectivity index (χ1) is 8.30. The molecule has 1 aliphatic rings. The Hall–Kier alpha value is -0.160. The van der Waals surface area contributed by atoms with Crippen LogP contribution in [-0.2, 0) is 14.2 Å². The zero-order valence-electron chi connectivity index (χ0n) is 12.5. The number of hydrogen-bond acceptors (Lipinski definition) is 4. The fourth-order valence-corrected chi connectivity index (χ4v) is 2.32. The third-order valence-corrected chi connectivity index (χ3v) is 4.39. The predicted molar refractivity (Wildman–Crippen MR) is 70.4 cm³/mol. The molecular weight excluding hydrogens is 232 g/mol. The SMILES string of the molecule is CCC(C)(CC)O[C@H]1C[C@@](C)(OC)[C@@H](O)[C@H](C)O1. The standard InChI is InChI=1S/C14H28O4/c1-7-13(4,8-2)18-11-9-14(5,16-6)12(15)10(3)17-11/h10-12,15H,7-9H2,1-6H3/t10-,11-,12-,14+/m0/s1. The third kappa shape index (κ3) is 3.23. The van der Waals surface area contributed by atoms with Crippen LogP contribution in [0.25, 0.3) is 0 Å². The van der Waals surface area contributed by atoms with E-state index >= 15 is 0 Å². The maximum atomic E-state index is 10.1. The number of methoxy groups -OCH3 is 1. The largest absolute Gasteiger partial charge is 0.387 e. The van der Waals surface area contributed by atoms with Crippen molar-refractivity contribution in [1.82, 2.24) is 0 Å². The quantitative estimate of drug-likeness (QED) is 0.825. The fraction of sp³-hybridized carbons (Fsp3) is 1.00. The van der Waals surface area contributed by atoms with E-state index in [1.54, 1.807) is 7.11 Å². The van der Waals surface area contributed by atoms with Crippen molar-refractivity contribution in [2.24, 2.45) is 0 Å². The molecule has 1 aliphatic heterocycles. The molecule has 0 saturated carbocycles. The third-order valence-electron chi connectivity index (χ3n) is 4.39. The van der Waals surface area contributed by atoms with E-state index in [1.165, 1.54) is 0 Å². The van der Waals surface area contributed by atoms with Crippen LogP contribution in [0, 0.1) is 0 Å². The second-order valence-electron chi connectivity index (χ2n) is 5.71. The average molecular weight is 260 g/mol. The van der Waals surface area contributed by atoms with Gasteiger partial charge in [-0.1, -0.05) is 13.8 Å². The maximum absolute atomic E-state index is 10.1. The van der Waals surface area contributed by atoms with E-state index in [0.717, 1.165) is 12.8 Å². The Morgan fingerprint density at radius 1 is 1.39 bits per heavy atom. The summed E-state index contributed by atoms with van der Waals surface area (Å²) < 4.78 is 17.3. The van der Waals surface area contributed by atoms with Gasteiger partial charge in [0, 0.05) is 13.5 Å². The van der Waals surface area contributed by atoms with Crippen molar-refractivity contribution in [3.63, 3.8) is 0 Å². The monoisotopic (exact) mass is 260 g/mol. The predicted octanol–water partition coefficient (Wildman–Crippen LogP) is 2.48. The summed E-state index contributed by atoms with van der Waals surface area (Å²) >= 11 is 0. The summed E-state index contributed by atoms with van der Waals surface area (Å²) in [5.74, 6) is 0. The molecule has 0 unspecified atom stereocenters. The number of aliphatic hydroxyl groups excluding tert-OH is 1. The Morgan fingerprint density at radius 3 is 2.39 bits per heavy atom. The number of hydrogen-bond donors (Lipinski definition) is 1. The lowest BCUT2D eigenvalue weighted by atomic mass is 9.88. The summed E-state index contributed by atoms with van der Waals surface area (Å²) in [6.07, 6.45) is 1.18. The molecule has 18 heavy (non-hydrogen) atoms. The number of ether oxygens (including phenoxy) is 3. The molecule has 1 saturated heterocycles. The minimum Gasteiger partial charge on any atom is -0.387 e. The molecule has 1 N–H and O–H groups in total. The topological polar surface area (TPSA) is 47.9 Å². The lowest BCUT2D eigenvalue weighted by Gasteiger charge is -2.46. The highest BCUT2D eigenvalue weighted by Gasteiger charge is 2.46. The zero-order valence-corrected chi connectivity index (χ0v) is 12.5. The van der Waals surface area contributed by atoms with E-state index in [1.807, 2.05) is 13.8 Å². The highest BCUT2D eigenvalue weighted by molar-refractivity contribution is 4.93. The van der Waals surface area contributed by atoms with Crippen molar-refractivity contribution in [1.29, 1.82) is 0 Å². The lowest BCUT2D eigenvalue weighted by Crippen LogP contribution is -2.57. The molecule has 0 radical (unpaired) electrons. The van der Waals surface area contributed by atoms with Gasteiger partial charge in [-0.2, -0.15) is 0 Å². The van der Waals surface area contributed by atoms with Gasteiger partial charge in [0.25, 0.3) is 0 Å². The van der Waals surface area contributed by atoms with Crippen LogP contribution in [0.4, 0.5) is 0 Å². The number of rotatable bonds is 5. The first-order valence-electron chi connectivity index (χ1n) is 6.86. The van der Waals surface area contributed by atoms with E-state index in [9.17, 15) is 5.11 Å². The van der Waals surface area contributed by atoms with Crippen LogP contribution in [0.1, 0.15) is 53.9 Å². The summed E-state index contributed by atoms with van der Waals surface area (Å²) in [7, 11) is 1.62. The van der Waals surface area contributed by atoms with Crippen molar-refractivity contribution < 1.29 is 19.3 Å². The highest BCUT2D eigenvalue weighted by atomic mass is 16.7. The Kier molecular flexibility index (Phi) is 5.18. The van der Waals surface area contributed by atoms with E-state index in [2.05, 4.69) is 20.8 Å². The van der Waals surface area contributed by atoms with Gasteiger partial charge in [-0.3, -0.25) is 0 Å². The van der Waals surface area contributed by atoms with Crippen LogP contribution in [0.5, 0.6) is 0 Å². The second kappa shape index (κ2) is 5.87. The molecule has 0 bridgehead atoms. The molecule has 4 heteroatoms. The zero-order chi connectivity index (χ0) is 14.0. The summed E-state index contributed by atoms with van der Waals surface area (Å²) in [5.41, 5.74) is -0.786. The van der Waals surface area contributed by atoms with Crippen molar-refractivity contribution in [2.75, 3.05) is 7.11 Å². The number of aliphatic hydroxyl groups is 1. The minimum absolute atomic E-state index is 0.179. The molecule has 0 aromatic heterocycles. The summed E-state index contributed by atoms with van der Waals surface area (Å²) in [6.45, 7) is 10.1. The molecule has 1 rings (SSSR count). The molecule has 4 atom stereocenters. The minimum atomic E-state index is -0.628. The van der Waals surface area contributed by atoms with Gasteiger partial charge in [-0.05, 0) is 33.6 Å². The Bertz CT molecular complexity index is 263. The van der Waals surface area contributed by atoms with Crippen molar-refractivity contribution >= 4 is 0 Å². The normalized spacial score (nSPS) is 37.8. The van der Waals surface area contributed by atoms with E-state index < -0.39 is 11.7 Å². The summed E-state index contributed by atoms with van der Waals surface area (Å²) in [6, 6.07) is 0. The first-order valence-corrected chi connectivity index (χ1v) is 6.86. The first kappa shape index (κ1) is 15.9. The van der Waals surface area contributed by atoms with E-state index in [-0.39, 0.29) is 18.0 Å². The molecular formula is C14H28O4. The Morgan fingerprint density at radius 2 is 1.94 bits per heavy atom. The van der Waals surface area contributed by atoms with E-state index in [0.29, 0.717) is 6.42 Å². The second-order valence-corrected chi connectivity index (χ2v) is 5.71. The van der Waals surface area contributed by atoms with Gasteiger partial charge in [-0.25, -0.2) is 0 Å². The van der Waals surface area contributed by atoms with Gasteiger partial charge in [0.1, 0.15) is 6.10 Å². The van der Waals surface area contributed by atoms with Crippen molar-refractivity contribution in [2.45, 2.75) is 83.6 Å². The van der Waals surface area contributed by atoms with Crippen LogP contribution in [-0.4, -0.2) is 41.9 Å². The smallest absolute Gasteiger partial charge is 0.161 e. The van der Waals surface area contributed by atoms with Gasteiger partial charge >= 0.3 is 0 Å². The molecule has 1 heterocycles. The molecule has 0 amide bonds. The molecule has 0 aromatic carbocycles. The average Bonchev–Trinajstić information content (AvgIpc) is 2.35. The Balaban J connectivity index is 2.75. The molecule has 0 spiro atoms. The fourth-order valence-electron chi connectivity index (χ4n) is 2.32. The van der Waals surface area contributed by atoms with Gasteiger partial charge in [0.15, 0.2) is 6.29 Å². The van der Waals surface area contributed by atoms with Crippen LogP contribution >= 0.6 is 0 Å². The van der Waals surface area contributed by atoms with Gasteiger partial charge < -0.3 is 19.3 Å². The lowest BCUT2D eigenvalue weighted by molar-refractivity contribution is -0.302. The highest BCUT2D eigenvalue weighted by Crippen LogP contribution is 2.35. The maximum Gasteiger partial charge on any atom is 0.161 e. The van der Waals surface area contributed by atoms with Crippen LogP contribution < -0.4 is 0 Å². The van der Waals surface area contributed by atoms with Gasteiger partial charge in [0.05, 0.1) is 17.3 Å². The van der Waals surface area contributed by atoms with Crippen LogP contribution in [0.2, 0.25) is 0 Å². The molecule has 108 valence electrons. The van der Waals surface area contributed by atoms with Crippen molar-refractivity contribution in [3.8, 4) is 0 Å². The summed E-state index contributed by atoms with van der Waals surface area (Å²) in [4.78, 5) is 0. The van der Waals surface area contributed by atoms with E-state index in [4.69, 9.17) is 14.2 Å². The van der Waals surface area contributed by atoms with Crippen molar-refractivity contribution in [3.05, 3.63) is 0 Å².